The van der Waals surface area contributed by atoms with E-state index in [1.165, 1.54) is 5.57 Å². The Morgan fingerprint density at radius 2 is 2.00 bits per heavy atom. The number of nitrogens with zero attached hydrogens (tertiary/aromatic N) is 3. The van der Waals surface area contributed by atoms with E-state index in [4.69, 9.17) is 0 Å². The van der Waals surface area contributed by atoms with Gasteiger partial charge in [0.05, 0.1) is 0 Å². The Balaban J connectivity index is 0.00000529. The molecule has 0 aliphatic carbocycles. The van der Waals surface area contributed by atoms with Gasteiger partial charge in [-0.05, 0) is 19.8 Å². The minimum atomic E-state index is -0.0130. The van der Waals surface area contributed by atoms with Crippen LogP contribution < -0.4 is 10.6 Å². The van der Waals surface area contributed by atoms with Crippen LogP contribution >= 0.6 is 24.0 Å². The number of hydrogen-bond acceptors (Lipinski definition) is 3. The maximum Gasteiger partial charge on any atom is 0.243 e. The highest BCUT2D eigenvalue weighted by Gasteiger charge is 2.19. The van der Waals surface area contributed by atoms with Crippen LogP contribution in [0.3, 0.4) is 0 Å². The average molecular weight is 449 g/mol. The number of guanidine groups is 1. The molecule has 0 unspecified atom stereocenters. The van der Waals surface area contributed by atoms with Gasteiger partial charge < -0.3 is 15.5 Å². The molecule has 0 spiro atoms. The lowest BCUT2D eigenvalue weighted by Gasteiger charge is -2.33. The molecule has 24 heavy (non-hydrogen) atoms. The van der Waals surface area contributed by atoms with Crippen molar-refractivity contribution < 1.29 is 4.79 Å². The Morgan fingerprint density at radius 3 is 2.50 bits per heavy atom. The van der Waals surface area contributed by atoms with Crippen molar-refractivity contribution in [3.63, 3.8) is 0 Å². The van der Waals surface area contributed by atoms with Gasteiger partial charge in [0.1, 0.15) is 6.54 Å². The zero-order valence-corrected chi connectivity index (χ0v) is 17.5. The van der Waals surface area contributed by atoms with Crippen molar-refractivity contribution in [3.8, 4) is 0 Å². The second-order valence-electron chi connectivity index (χ2n) is 6.27. The summed E-state index contributed by atoms with van der Waals surface area (Å²) in [5.41, 5.74) is 1.20. The molecule has 0 aromatic heterocycles. The number of hydrogen-bond donors (Lipinski definition) is 2. The van der Waals surface area contributed by atoms with Crippen LogP contribution in [0.4, 0.5) is 0 Å². The van der Waals surface area contributed by atoms with E-state index in [0.29, 0.717) is 18.5 Å². The molecule has 1 aliphatic heterocycles. The summed E-state index contributed by atoms with van der Waals surface area (Å²) >= 11 is 0. The predicted octanol–water partition coefficient (Wildman–Crippen LogP) is 1.45. The first-order chi connectivity index (χ1) is 10.9. The SMILES string of the molecule is C=CCNC(=NCC(=O)N(C)C)NC1CCN(CC(=C)C)CC1.I. The van der Waals surface area contributed by atoms with Gasteiger partial charge in [-0.3, -0.25) is 9.69 Å². The Morgan fingerprint density at radius 1 is 1.38 bits per heavy atom. The number of carbonyl (C=O) groups excluding carboxylic acids is 1. The van der Waals surface area contributed by atoms with Crippen molar-refractivity contribution in [3.05, 3.63) is 24.8 Å². The van der Waals surface area contributed by atoms with Crippen molar-refractivity contribution >= 4 is 35.8 Å². The summed E-state index contributed by atoms with van der Waals surface area (Å²) in [6.07, 6.45) is 3.90. The van der Waals surface area contributed by atoms with E-state index in [0.717, 1.165) is 32.5 Å². The standard InChI is InChI=1S/C17H31N5O.HI/c1-6-9-18-17(19-12-16(23)21(4)5)20-15-7-10-22(11-8-15)13-14(2)3;/h6,15H,1-2,7-13H2,3-5H3,(H2,18,19,20);1H. The van der Waals surface area contributed by atoms with Gasteiger partial charge in [0.15, 0.2) is 5.96 Å². The maximum atomic E-state index is 11.7. The van der Waals surface area contributed by atoms with E-state index in [-0.39, 0.29) is 36.4 Å². The Hall–Kier alpha value is -1.09. The molecule has 1 aliphatic rings. The third-order valence-electron chi connectivity index (χ3n) is 3.71. The maximum absolute atomic E-state index is 11.7. The average Bonchev–Trinajstić information content (AvgIpc) is 2.50. The molecule has 0 atom stereocenters. The van der Waals surface area contributed by atoms with Gasteiger partial charge in [0.2, 0.25) is 5.91 Å². The number of rotatable bonds is 7. The molecule has 2 N–H and O–H groups in total. The Bertz CT molecular complexity index is 442. The zero-order valence-electron chi connectivity index (χ0n) is 15.2. The van der Waals surface area contributed by atoms with Crippen LogP contribution in [0, 0.1) is 0 Å². The fourth-order valence-electron chi connectivity index (χ4n) is 2.42. The van der Waals surface area contributed by atoms with Crippen LogP contribution in [0.25, 0.3) is 0 Å². The summed E-state index contributed by atoms with van der Waals surface area (Å²) in [5.74, 6) is 0.666. The largest absolute Gasteiger partial charge is 0.354 e. The van der Waals surface area contributed by atoms with Gasteiger partial charge in [-0.1, -0.05) is 18.2 Å². The highest BCUT2D eigenvalue weighted by Crippen LogP contribution is 2.11. The summed E-state index contributed by atoms with van der Waals surface area (Å²) in [5, 5.41) is 6.61. The van der Waals surface area contributed by atoms with Gasteiger partial charge in [-0.25, -0.2) is 4.99 Å². The molecule has 0 aromatic rings. The summed E-state index contributed by atoms with van der Waals surface area (Å²) in [6.45, 7) is 13.6. The molecule has 0 radical (unpaired) electrons. The molecular weight excluding hydrogens is 417 g/mol. The smallest absolute Gasteiger partial charge is 0.243 e. The quantitative estimate of drug-likeness (QED) is 0.268. The number of likely N-dealkylation sites (N-methyl/N-ethyl adjacent to an activating group) is 1. The van der Waals surface area contributed by atoms with E-state index in [9.17, 15) is 4.79 Å². The number of aliphatic imine (C=N–C) groups is 1. The zero-order chi connectivity index (χ0) is 17.2. The van der Waals surface area contributed by atoms with E-state index in [1.54, 1.807) is 25.1 Å². The van der Waals surface area contributed by atoms with Crippen molar-refractivity contribution in [2.24, 2.45) is 4.99 Å². The number of halogens is 1. The Kier molecular flexibility index (Phi) is 11.7. The van der Waals surface area contributed by atoms with Crippen LogP contribution in [0.5, 0.6) is 0 Å². The first-order valence-electron chi connectivity index (χ1n) is 8.15. The van der Waals surface area contributed by atoms with Crippen LogP contribution in [0.2, 0.25) is 0 Å². The van der Waals surface area contributed by atoms with Crippen LogP contribution in [0.15, 0.2) is 29.8 Å². The second-order valence-corrected chi connectivity index (χ2v) is 6.27. The molecule has 1 heterocycles. The summed E-state index contributed by atoms with van der Waals surface area (Å²) < 4.78 is 0. The third-order valence-corrected chi connectivity index (χ3v) is 3.71. The third kappa shape index (κ3) is 9.27. The minimum Gasteiger partial charge on any atom is -0.354 e. The van der Waals surface area contributed by atoms with Crippen LogP contribution in [0.1, 0.15) is 19.8 Å². The van der Waals surface area contributed by atoms with Crippen molar-refractivity contribution in [2.45, 2.75) is 25.8 Å². The highest BCUT2D eigenvalue weighted by molar-refractivity contribution is 14.0. The molecule has 6 nitrogen and oxygen atoms in total. The lowest BCUT2D eigenvalue weighted by molar-refractivity contribution is -0.127. The first-order valence-corrected chi connectivity index (χ1v) is 8.15. The minimum absolute atomic E-state index is 0. The fraction of sp³-hybridized carbons (Fsp3) is 0.647. The van der Waals surface area contributed by atoms with Crippen LogP contribution in [-0.4, -0.2) is 74.5 Å². The molecule has 138 valence electrons. The predicted molar refractivity (Wildman–Crippen MR) is 112 cm³/mol. The van der Waals surface area contributed by atoms with Gasteiger partial charge in [-0.2, -0.15) is 0 Å². The number of likely N-dealkylation sites (tertiary alicyclic amines) is 1. The molecule has 1 rings (SSSR count). The Labute approximate surface area is 163 Å². The fourth-order valence-corrected chi connectivity index (χ4v) is 2.42. The molecule has 0 aromatic carbocycles. The van der Waals surface area contributed by atoms with Gasteiger partial charge in [0, 0.05) is 46.3 Å². The van der Waals surface area contributed by atoms with Gasteiger partial charge in [-0.15, -0.1) is 30.6 Å². The lowest BCUT2D eigenvalue weighted by atomic mass is 10.0. The highest BCUT2D eigenvalue weighted by atomic mass is 127. The normalized spacial score (nSPS) is 16.0. The summed E-state index contributed by atoms with van der Waals surface area (Å²) in [4.78, 5) is 20.0. The number of piperidine rings is 1. The molecule has 1 fully saturated rings. The first kappa shape index (κ1) is 22.9. The molecule has 1 saturated heterocycles. The second kappa shape index (κ2) is 12.3. The molecule has 0 saturated carbocycles. The topological polar surface area (TPSA) is 60.0 Å². The molecule has 1 amide bonds. The molecule has 7 heteroatoms. The summed E-state index contributed by atoms with van der Waals surface area (Å²) in [6, 6.07) is 0.377. The van der Waals surface area contributed by atoms with Crippen molar-refractivity contribution in [1.29, 1.82) is 0 Å². The van der Waals surface area contributed by atoms with Crippen LogP contribution in [-0.2, 0) is 4.79 Å². The van der Waals surface area contributed by atoms with Crippen molar-refractivity contribution in [1.82, 2.24) is 20.4 Å². The molecule has 0 bridgehead atoms. The number of amides is 1. The van der Waals surface area contributed by atoms with E-state index in [2.05, 4.69) is 40.6 Å². The molecular formula is C17H32IN5O. The number of carbonyl (C=O) groups is 1. The summed E-state index contributed by atoms with van der Waals surface area (Å²) in [7, 11) is 3.47. The lowest BCUT2D eigenvalue weighted by Crippen LogP contribution is -2.49. The van der Waals surface area contributed by atoms with E-state index < -0.39 is 0 Å². The number of nitrogens with one attached hydrogen (secondary N) is 2. The van der Waals surface area contributed by atoms with Crippen molar-refractivity contribution in [2.75, 3.05) is 46.8 Å². The van der Waals surface area contributed by atoms with Gasteiger partial charge >= 0.3 is 0 Å². The van der Waals surface area contributed by atoms with Gasteiger partial charge in [0.25, 0.3) is 0 Å². The van der Waals surface area contributed by atoms with E-state index in [1.807, 2.05) is 0 Å². The monoisotopic (exact) mass is 449 g/mol. The van der Waals surface area contributed by atoms with E-state index >= 15 is 0 Å².